The van der Waals surface area contributed by atoms with Gasteiger partial charge >= 0.3 is 6.03 Å². The smallest absolute Gasteiger partial charge is 0.323 e. The number of amides is 3. The van der Waals surface area contributed by atoms with Crippen molar-refractivity contribution in [2.75, 3.05) is 23.1 Å². The fraction of sp³-hybridized carbons (Fsp3) is 0.125. The first-order valence-corrected chi connectivity index (χ1v) is 10.7. The second-order valence-electron chi connectivity index (χ2n) is 7.32. The molecule has 3 N–H and O–H groups in total. The number of methoxy groups -OCH3 is 1. The van der Waals surface area contributed by atoms with Crippen molar-refractivity contribution < 1.29 is 14.3 Å². The van der Waals surface area contributed by atoms with Gasteiger partial charge in [0.05, 0.1) is 11.8 Å². The lowest BCUT2D eigenvalue weighted by molar-refractivity contribution is 0.102. The van der Waals surface area contributed by atoms with Crippen molar-refractivity contribution in [3.05, 3.63) is 77.4 Å². The maximum Gasteiger partial charge on any atom is 0.323 e. The number of anilines is 3. The van der Waals surface area contributed by atoms with E-state index < -0.39 is 0 Å². The number of carbonyl (C=O) groups is 2. The van der Waals surface area contributed by atoms with Gasteiger partial charge in [-0.25, -0.2) is 9.78 Å². The highest BCUT2D eigenvalue weighted by Crippen LogP contribution is 2.35. The van der Waals surface area contributed by atoms with Crippen LogP contribution in [0.5, 0.6) is 5.75 Å². The molecule has 4 aromatic rings. The van der Waals surface area contributed by atoms with E-state index in [1.54, 1.807) is 36.4 Å². The molecule has 0 aliphatic heterocycles. The van der Waals surface area contributed by atoms with Gasteiger partial charge in [-0.2, -0.15) is 0 Å². The normalized spacial score (nSPS) is 10.6. The van der Waals surface area contributed by atoms with Crippen molar-refractivity contribution in [3.63, 3.8) is 0 Å². The van der Waals surface area contributed by atoms with Crippen LogP contribution in [0, 0.1) is 13.8 Å². The monoisotopic (exact) mass is 446 g/mol. The topological polar surface area (TPSA) is 92.4 Å². The average Bonchev–Trinajstić information content (AvgIpc) is 3.15. The summed E-state index contributed by atoms with van der Waals surface area (Å²) in [5.41, 5.74) is 4.57. The van der Waals surface area contributed by atoms with E-state index >= 15 is 0 Å². The van der Waals surface area contributed by atoms with Crippen LogP contribution >= 0.6 is 11.3 Å². The zero-order valence-corrected chi connectivity index (χ0v) is 18.7. The molecule has 0 bridgehead atoms. The highest BCUT2D eigenvalue weighted by atomic mass is 32.1. The lowest BCUT2D eigenvalue weighted by Gasteiger charge is -2.10. The molecule has 1 aromatic heterocycles. The average molecular weight is 447 g/mol. The number of rotatable bonds is 5. The number of aromatic nitrogens is 1. The standard InChI is InChI=1S/C24H22N4O3S/c1-14-9-15(2)11-17(10-14)25-23(30)26-18-12-19(31-3)21-20(13-18)32-24(27-21)28-22(29)16-7-5-4-6-8-16/h4-13H,1-3H3,(H2,25,26,30)(H,27,28,29). The summed E-state index contributed by atoms with van der Waals surface area (Å²) in [6, 6.07) is 17.9. The molecule has 32 heavy (non-hydrogen) atoms. The first kappa shape index (κ1) is 21.3. The summed E-state index contributed by atoms with van der Waals surface area (Å²) in [5.74, 6) is 0.260. The molecule has 4 rings (SSSR count). The second-order valence-corrected chi connectivity index (χ2v) is 8.35. The van der Waals surface area contributed by atoms with Gasteiger partial charge in [0.2, 0.25) is 0 Å². The highest BCUT2D eigenvalue weighted by Gasteiger charge is 2.15. The van der Waals surface area contributed by atoms with Gasteiger partial charge in [-0.3, -0.25) is 10.1 Å². The lowest BCUT2D eigenvalue weighted by atomic mass is 10.1. The van der Waals surface area contributed by atoms with Gasteiger partial charge in [-0.05, 0) is 55.3 Å². The van der Waals surface area contributed by atoms with Crippen LogP contribution < -0.4 is 20.7 Å². The first-order valence-electron chi connectivity index (χ1n) is 9.92. The number of aryl methyl sites for hydroxylation is 2. The minimum absolute atomic E-state index is 0.241. The molecule has 8 heteroatoms. The van der Waals surface area contributed by atoms with Crippen LogP contribution in [0.2, 0.25) is 0 Å². The number of urea groups is 1. The van der Waals surface area contributed by atoms with E-state index in [4.69, 9.17) is 4.74 Å². The van der Waals surface area contributed by atoms with Crippen molar-refractivity contribution in [1.29, 1.82) is 0 Å². The van der Waals surface area contributed by atoms with E-state index in [2.05, 4.69) is 20.9 Å². The minimum Gasteiger partial charge on any atom is -0.494 e. The quantitative estimate of drug-likeness (QED) is 0.360. The molecule has 7 nitrogen and oxygen atoms in total. The number of fused-ring (bicyclic) bond motifs is 1. The fourth-order valence-corrected chi connectivity index (χ4v) is 4.30. The van der Waals surface area contributed by atoms with Gasteiger partial charge in [-0.15, -0.1) is 0 Å². The van der Waals surface area contributed by atoms with E-state index in [-0.39, 0.29) is 11.9 Å². The third-order valence-electron chi connectivity index (χ3n) is 4.67. The Balaban J connectivity index is 1.54. The SMILES string of the molecule is COc1cc(NC(=O)Nc2cc(C)cc(C)c2)cc2sc(NC(=O)c3ccccc3)nc12. The Morgan fingerprint density at radius 2 is 1.53 bits per heavy atom. The van der Waals surface area contributed by atoms with Crippen LogP contribution in [0.3, 0.4) is 0 Å². The minimum atomic E-state index is -0.362. The summed E-state index contributed by atoms with van der Waals surface area (Å²) in [4.78, 5) is 29.4. The molecule has 0 aliphatic rings. The molecule has 0 aliphatic carbocycles. The molecule has 0 spiro atoms. The molecule has 0 atom stereocenters. The maximum absolute atomic E-state index is 12.5. The molecule has 162 valence electrons. The molecular formula is C24H22N4O3S. The summed E-state index contributed by atoms with van der Waals surface area (Å²) in [7, 11) is 1.54. The van der Waals surface area contributed by atoms with Crippen LogP contribution in [0.1, 0.15) is 21.5 Å². The van der Waals surface area contributed by atoms with Crippen molar-refractivity contribution >= 4 is 50.0 Å². The van der Waals surface area contributed by atoms with E-state index in [1.807, 2.05) is 38.1 Å². The molecule has 0 unspecified atom stereocenters. The number of carbonyl (C=O) groups excluding carboxylic acids is 2. The van der Waals surface area contributed by atoms with Crippen LogP contribution in [0.4, 0.5) is 21.3 Å². The Morgan fingerprint density at radius 3 is 2.19 bits per heavy atom. The number of thiazole rings is 1. The Morgan fingerprint density at radius 1 is 0.875 bits per heavy atom. The van der Waals surface area contributed by atoms with Crippen LogP contribution in [0.15, 0.2) is 60.7 Å². The van der Waals surface area contributed by atoms with Crippen molar-refractivity contribution in [1.82, 2.24) is 4.98 Å². The number of benzene rings is 3. The molecule has 3 amide bonds. The lowest BCUT2D eigenvalue weighted by Crippen LogP contribution is -2.19. The van der Waals surface area contributed by atoms with Crippen LogP contribution in [0.25, 0.3) is 10.2 Å². The summed E-state index contributed by atoms with van der Waals surface area (Å²) in [6.07, 6.45) is 0. The molecule has 0 radical (unpaired) electrons. The fourth-order valence-electron chi connectivity index (χ4n) is 3.38. The highest BCUT2D eigenvalue weighted by molar-refractivity contribution is 7.22. The molecule has 0 saturated heterocycles. The summed E-state index contributed by atoms with van der Waals surface area (Å²) in [6.45, 7) is 3.96. The first-order chi connectivity index (χ1) is 15.4. The molecule has 0 saturated carbocycles. The summed E-state index contributed by atoms with van der Waals surface area (Å²) < 4.78 is 6.23. The largest absolute Gasteiger partial charge is 0.494 e. The van der Waals surface area contributed by atoms with E-state index in [0.717, 1.165) is 21.5 Å². The third kappa shape index (κ3) is 4.87. The van der Waals surface area contributed by atoms with E-state index in [9.17, 15) is 9.59 Å². The number of nitrogens with zero attached hydrogens (tertiary/aromatic N) is 1. The van der Waals surface area contributed by atoms with Crippen molar-refractivity contribution in [2.45, 2.75) is 13.8 Å². The predicted octanol–water partition coefficient (Wildman–Crippen LogP) is 5.82. The Labute approximate surface area is 189 Å². The van der Waals surface area contributed by atoms with E-state index in [1.165, 1.54) is 18.4 Å². The molecular weight excluding hydrogens is 424 g/mol. The number of nitrogens with one attached hydrogen (secondary N) is 3. The van der Waals surface area contributed by atoms with Crippen LogP contribution in [-0.2, 0) is 0 Å². The third-order valence-corrected chi connectivity index (χ3v) is 5.59. The van der Waals surface area contributed by atoms with Gasteiger partial charge in [-0.1, -0.05) is 35.6 Å². The van der Waals surface area contributed by atoms with Crippen molar-refractivity contribution in [3.8, 4) is 5.75 Å². The van der Waals surface area contributed by atoms with Gasteiger partial charge in [0.1, 0.15) is 11.3 Å². The van der Waals surface area contributed by atoms with Crippen molar-refractivity contribution in [2.24, 2.45) is 0 Å². The van der Waals surface area contributed by atoms with Gasteiger partial charge in [0, 0.05) is 23.0 Å². The summed E-state index contributed by atoms with van der Waals surface area (Å²) in [5, 5.41) is 8.94. The summed E-state index contributed by atoms with van der Waals surface area (Å²) >= 11 is 1.30. The van der Waals surface area contributed by atoms with Gasteiger partial charge in [0.15, 0.2) is 5.13 Å². The van der Waals surface area contributed by atoms with Gasteiger partial charge in [0.25, 0.3) is 5.91 Å². The van der Waals surface area contributed by atoms with E-state index in [0.29, 0.717) is 27.6 Å². The maximum atomic E-state index is 12.5. The zero-order chi connectivity index (χ0) is 22.7. The zero-order valence-electron chi connectivity index (χ0n) is 17.9. The predicted molar refractivity (Wildman–Crippen MR) is 129 cm³/mol. The van der Waals surface area contributed by atoms with Crippen LogP contribution in [-0.4, -0.2) is 24.0 Å². The Kier molecular flexibility index (Phi) is 6.04. The molecule has 0 fully saturated rings. The molecule has 1 heterocycles. The second kappa shape index (κ2) is 9.07. The number of hydrogen-bond donors (Lipinski definition) is 3. The van der Waals surface area contributed by atoms with Gasteiger partial charge < -0.3 is 15.4 Å². The number of ether oxygens (including phenoxy) is 1. The Bertz CT molecular complexity index is 1280. The Hall–Kier alpha value is -3.91. The molecule has 3 aromatic carbocycles. The number of hydrogen-bond acceptors (Lipinski definition) is 5.